The van der Waals surface area contributed by atoms with Gasteiger partial charge in [0.1, 0.15) is 11.5 Å². The van der Waals surface area contributed by atoms with E-state index in [0.717, 1.165) is 17.6 Å². The van der Waals surface area contributed by atoms with Crippen molar-refractivity contribution >= 4 is 5.91 Å². The summed E-state index contributed by atoms with van der Waals surface area (Å²) in [6.45, 7) is 4.09. The van der Waals surface area contributed by atoms with Crippen LogP contribution in [0.1, 0.15) is 23.8 Å². The highest BCUT2D eigenvalue weighted by molar-refractivity contribution is 5.92. The Labute approximate surface area is 133 Å². The van der Waals surface area contributed by atoms with Crippen molar-refractivity contribution in [3.8, 4) is 5.69 Å². The minimum atomic E-state index is -0.407. The zero-order chi connectivity index (χ0) is 16.7. The van der Waals surface area contributed by atoms with E-state index in [9.17, 15) is 14.0 Å². The van der Waals surface area contributed by atoms with Gasteiger partial charge in [-0.1, -0.05) is 6.92 Å². The highest BCUT2D eigenvalue weighted by atomic mass is 19.1. The molecule has 1 aromatic heterocycles. The van der Waals surface area contributed by atoms with Gasteiger partial charge < -0.3 is 10.6 Å². The van der Waals surface area contributed by atoms with Gasteiger partial charge in [-0.25, -0.2) is 4.39 Å². The SMILES string of the molecule is CCCNCCNC(=O)c1ccc(=O)n(-c2ccc(F)cc2)n1. The van der Waals surface area contributed by atoms with Gasteiger partial charge in [-0.2, -0.15) is 9.78 Å². The first-order chi connectivity index (χ1) is 11.1. The number of benzene rings is 1. The molecule has 0 atom stereocenters. The highest BCUT2D eigenvalue weighted by Gasteiger charge is 2.10. The molecule has 1 aromatic carbocycles. The topological polar surface area (TPSA) is 76.0 Å². The molecule has 23 heavy (non-hydrogen) atoms. The van der Waals surface area contributed by atoms with Crippen LogP contribution in [0.25, 0.3) is 5.69 Å². The van der Waals surface area contributed by atoms with E-state index in [0.29, 0.717) is 18.8 Å². The molecule has 2 N–H and O–H groups in total. The maximum absolute atomic E-state index is 13.0. The quantitative estimate of drug-likeness (QED) is 0.750. The van der Waals surface area contributed by atoms with Crippen molar-refractivity contribution in [2.75, 3.05) is 19.6 Å². The molecule has 122 valence electrons. The van der Waals surface area contributed by atoms with Crippen LogP contribution in [-0.4, -0.2) is 35.3 Å². The van der Waals surface area contributed by atoms with Gasteiger partial charge in [-0.15, -0.1) is 0 Å². The Morgan fingerprint density at radius 3 is 2.57 bits per heavy atom. The molecular weight excluding hydrogens is 299 g/mol. The molecule has 0 saturated carbocycles. The van der Waals surface area contributed by atoms with Gasteiger partial charge in [0.2, 0.25) is 0 Å². The van der Waals surface area contributed by atoms with Crippen LogP contribution in [-0.2, 0) is 0 Å². The summed E-state index contributed by atoms with van der Waals surface area (Å²) < 4.78 is 14.0. The van der Waals surface area contributed by atoms with Crippen molar-refractivity contribution in [1.29, 1.82) is 0 Å². The fourth-order valence-corrected chi connectivity index (χ4v) is 1.96. The summed E-state index contributed by atoms with van der Waals surface area (Å²) in [5, 5.41) is 9.93. The van der Waals surface area contributed by atoms with Crippen LogP contribution in [0, 0.1) is 5.82 Å². The maximum Gasteiger partial charge on any atom is 0.271 e. The van der Waals surface area contributed by atoms with Gasteiger partial charge in [-0.05, 0) is 43.3 Å². The number of amides is 1. The lowest BCUT2D eigenvalue weighted by atomic mass is 10.3. The molecule has 6 nitrogen and oxygen atoms in total. The molecule has 0 fully saturated rings. The highest BCUT2D eigenvalue weighted by Crippen LogP contribution is 2.05. The van der Waals surface area contributed by atoms with Gasteiger partial charge in [0, 0.05) is 19.2 Å². The first-order valence-electron chi connectivity index (χ1n) is 7.47. The Kier molecular flexibility index (Phi) is 5.99. The average molecular weight is 318 g/mol. The Morgan fingerprint density at radius 1 is 1.13 bits per heavy atom. The van der Waals surface area contributed by atoms with Crippen LogP contribution in [0.5, 0.6) is 0 Å². The van der Waals surface area contributed by atoms with E-state index in [1.807, 2.05) is 0 Å². The number of carbonyl (C=O) groups excluding carboxylic acids is 1. The van der Waals surface area contributed by atoms with E-state index in [1.54, 1.807) is 0 Å². The molecule has 0 bridgehead atoms. The summed E-state index contributed by atoms with van der Waals surface area (Å²) in [5.41, 5.74) is 0.137. The third kappa shape index (κ3) is 4.72. The lowest BCUT2D eigenvalue weighted by molar-refractivity contribution is 0.0947. The van der Waals surface area contributed by atoms with Crippen LogP contribution in [0.2, 0.25) is 0 Å². The maximum atomic E-state index is 13.0. The predicted molar refractivity (Wildman–Crippen MR) is 85.3 cm³/mol. The number of hydrogen-bond acceptors (Lipinski definition) is 4. The van der Waals surface area contributed by atoms with E-state index < -0.39 is 11.4 Å². The molecule has 0 aliphatic carbocycles. The predicted octanol–water partition coefficient (Wildman–Crippen LogP) is 1.10. The smallest absolute Gasteiger partial charge is 0.271 e. The van der Waals surface area contributed by atoms with E-state index in [1.165, 1.54) is 36.4 Å². The minimum Gasteiger partial charge on any atom is -0.349 e. The standard InChI is InChI=1S/C16H19FN4O2/c1-2-9-18-10-11-19-16(23)14-7-8-15(22)21(20-14)13-5-3-12(17)4-6-13/h3-8,18H,2,9-11H2,1H3,(H,19,23). The lowest BCUT2D eigenvalue weighted by Crippen LogP contribution is -2.34. The van der Waals surface area contributed by atoms with Gasteiger partial charge in [0.15, 0.2) is 0 Å². The fourth-order valence-electron chi connectivity index (χ4n) is 1.96. The van der Waals surface area contributed by atoms with Gasteiger partial charge >= 0.3 is 0 Å². The van der Waals surface area contributed by atoms with Crippen molar-refractivity contribution in [2.45, 2.75) is 13.3 Å². The number of halogens is 1. The minimum absolute atomic E-state index is 0.129. The second kappa shape index (κ2) is 8.19. The van der Waals surface area contributed by atoms with E-state index in [2.05, 4.69) is 22.7 Å². The zero-order valence-electron chi connectivity index (χ0n) is 12.9. The van der Waals surface area contributed by atoms with Crippen molar-refractivity contribution in [3.05, 3.63) is 58.3 Å². The first-order valence-corrected chi connectivity index (χ1v) is 7.47. The molecule has 7 heteroatoms. The molecule has 0 radical (unpaired) electrons. The second-order valence-corrected chi connectivity index (χ2v) is 4.95. The molecule has 0 aliphatic rings. The van der Waals surface area contributed by atoms with Crippen LogP contribution in [0.3, 0.4) is 0 Å². The normalized spacial score (nSPS) is 10.5. The molecule has 1 amide bonds. The van der Waals surface area contributed by atoms with Crippen molar-refractivity contribution in [1.82, 2.24) is 20.4 Å². The average Bonchev–Trinajstić information content (AvgIpc) is 2.56. The molecule has 0 saturated heterocycles. The molecule has 0 aliphatic heterocycles. The summed E-state index contributed by atoms with van der Waals surface area (Å²) in [5.74, 6) is -0.769. The van der Waals surface area contributed by atoms with Gasteiger partial charge in [0.05, 0.1) is 5.69 Å². The van der Waals surface area contributed by atoms with E-state index in [4.69, 9.17) is 0 Å². The van der Waals surface area contributed by atoms with Gasteiger partial charge in [0.25, 0.3) is 11.5 Å². The summed E-state index contributed by atoms with van der Waals surface area (Å²) >= 11 is 0. The Balaban J connectivity index is 2.09. The van der Waals surface area contributed by atoms with E-state index >= 15 is 0 Å². The van der Waals surface area contributed by atoms with Crippen molar-refractivity contribution in [3.63, 3.8) is 0 Å². The van der Waals surface area contributed by atoms with Crippen LogP contribution >= 0.6 is 0 Å². The Hall–Kier alpha value is -2.54. The Morgan fingerprint density at radius 2 is 1.87 bits per heavy atom. The van der Waals surface area contributed by atoms with Crippen molar-refractivity contribution in [2.24, 2.45) is 0 Å². The summed E-state index contributed by atoms with van der Waals surface area (Å²) in [7, 11) is 0. The number of nitrogens with one attached hydrogen (secondary N) is 2. The lowest BCUT2D eigenvalue weighted by Gasteiger charge is -2.08. The van der Waals surface area contributed by atoms with Crippen molar-refractivity contribution < 1.29 is 9.18 Å². The summed E-state index contributed by atoms with van der Waals surface area (Å²) in [4.78, 5) is 23.9. The number of aromatic nitrogens is 2. The number of rotatable bonds is 7. The summed E-state index contributed by atoms with van der Waals surface area (Å²) in [6, 6.07) is 7.96. The Bertz CT molecular complexity index is 713. The fraction of sp³-hybridized carbons (Fsp3) is 0.312. The monoisotopic (exact) mass is 318 g/mol. The van der Waals surface area contributed by atoms with Crippen LogP contribution in [0.15, 0.2) is 41.2 Å². The zero-order valence-corrected chi connectivity index (χ0v) is 12.9. The number of carbonyl (C=O) groups is 1. The summed E-state index contributed by atoms with van der Waals surface area (Å²) in [6.07, 6.45) is 1.03. The van der Waals surface area contributed by atoms with Gasteiger partial charge in [-0.3, -0.25) is 9.59 Å². The third-order valence-corrected chi connectivity index (χ3v) is 3.12. The van der Waals surface area contributed by atoms with Crippen LogP contribution < -0.4 is 16.2 Å². The molecule has 1 heterocycles. The molecule has 0 unspecified atom stereocenters. The van der Waals surface area contributed by atoms with Crippen LogP contribution in [0.4, 0.5) is 4.39 Å². The first kappa shape index (κ1) is 16.8. The second-order valence-electron chi connectivity index (χ2n) is 4.95. The number of hydrogen-bond donors (Lipinski definition) is 2. The molecular formula is C16H19FN4O2. The largest absolute Gasteiger partial charge is 0.349 e. The molecule has 2 rings (SSSR count). The third-order valence-electron chi connectivity index (χ3n) is 3.12. The molecule has 2 aromatic rings. The molecule has 0 spiro atoms. The van der Waals surface area contributed by atoms with E-state index in [-0.39, 0.29) is 11.6 Å². The number of nitrogens with zero attached hydrogens (tertiary/aromatic N) is 2.